The maximum atomic E-state index is 6.19. The fraction of sp³-hybridized carbons (Fsp3) is 1.00. The molecule has 0 heterocycles. The minimum atomic E-state index is 0.506. The van der Waals surface area contributed by atoms with E-state index in [2.05, 4.69) is 6.92 Å². The van der Waals surface area contributed by atoms with Crippen LogP contribution < -0.4 is 0 Å². The summed E-state index contributed by atoms with van der Waals surface area (Å²) in [5.74, 6) is 0.850. The van der Waals surface area contributed by atoms with Crippen LogP contribution in [-0.4, -0.2) is 5.38 Å². The van der Waals surface area contributed by atoms with Gasteiger partial charge in [0.1, 0.15) is 0 Å². The molecule has 1 aliphatic rings. The summed E-state index contributed by atoms with van der Waals surface area (Å²) < 4.78 is 0. The zero-order valence-electron chi connectivity index (χ0n) is 8.19. The highest BCUT2D eigenvalue weighted by Crippen LogP contribution is 2.33. The Balaban J connectivity index is 1.98. The average molecular weight is 189 g/mol. The summed E-state index contributed by atoms with van der Waals surface area (Å²) in [7, 11) is 0. The molecule has 0 aromatic heterocycles. The van der Waals surface area contributed by atoms with Crippen molar-refractivity contribution < 1.29 is 0 Å². The van der Waals surface area contributed by atoms with Gasteiger partial charge in [0.15, 0.2) is 0 Å². The van der Waals surface area contributed by atoms with Crippen molar-refractivity contribution in [2.45, 2.75) is 63.7 Å². The second kappa shape index (κ2) is 5.85. The van der Waals surface area contributed by atoms with Crippen LogP contribution in [0.25, 0.3) is 0 Å². The first-order valence-electron chi connectivity index (χ1n) is 5.48. The summed E-state index contributed by atoms with van der Waals surface area (Å²) in [4.78, 5) is 0. The highest BCUT2D eigenvalue weighted by atomic mass is 35.5. The van der Waals surface area contributed by atoms with Crippen LogP contribution >= 0.6 is 11.6 Å². The summed E-state index contributed by atoms with van der Waals surface area (Å²) in [6.07, 6.45) is 11.0. The minimum absolute atomic E-state index is 0.506. The molecule has 0 aromatic rings. The Morgan fingerprint density at radius 3 is 2.58 bits per heavy atom. The van der Waals surface area contributed by atoms with Gasteiger partial charge in [-0.1, -0.05) is 39.0 Å². The van der Waals surface area contributed by atoms with Crippen LogP contribution in [0.4, 0.5) is 0 Å². The first kappa shape index (κ1) is 10.4. The molecule has 2 unspecified atom stereocenters. The van der Waals surface area contributed by atoms with E-state index in [1.165, 1.54) is 51.4 Å². The first-order valence-corrected chi connectivity index (χ1v) is 5.92. The maximum absolute atomic E-state index is 6.19. The van der Waals surface area contributed by atoms with Gasteiger partial charge in [-0.3, -0.25) is 0 Å². The summed E-state index contributed by atoms with van der Waals surface area (Å²) in [6.45, 7) is 2.26. The molecule has 12 heavy (non-hydrogen) atoms. The average Bonchev–Trinajstić information content (AvgIpc) is 2.46. The van der Waals surface area contributed by atoms with E-state index in [0.717, 1.165) is 5.92 Å². The van der Waals surface area contributed by atoms with Gasteiger partial charge in [-0.25, -0.2) is 0 Å². The highest BCUT2D eigenvalue weighted by molar-refractivity contribution is 6.20. The van der Waals surface area contributed by atoms with Crippen LogP contribution in [-0.2, 0) is 0 Å². The molecule has 1 heteroatoms. The van der Waals surface area contributed by atoms with Crippen LogP contribution in [0.5, 0.6) is 0 Å². The molecule has 1 rings (SSSR count). The molecule has 1 fully saturated rings. The predicted octanol–water partition coefficient (Wildman–Crippen LogP) is 4.36. The van der Waals surface area contributed by atoms with Gasteiger partial charge in [0.25, 0.3) is 0 Å². The largest absolute Gasteiger partial charge is 0.123 e. The standard InChI is InChI=1S/C11H21Cl/c1-2-3-4-5-7-10-8-6-9-11(10)12/h10-11H,2-9H2,1H3. The summed E-state index contributed by atoms with van der Waals surface area (Å²) in [6, 6.07) is 0. The van der Waals surface area contributed by atoms with Gasteiger partial charge < -0.3 is 0 Å². The SMILES string of the molecule is CCCCCCC1CCCC1Cl. The van der Waals surface area contributed by atoms with E-state index in [1.807, 2.05) is 0 Å². The molecular weight excluding hydrogens is 168 g/mol. The van der Waals surface area contributed by atoms with E-state index in [-0.39, 0.29) is 0 Å². The fourth-order valence-corrected chi connectivity index (χ4v) is 2.56. The van der Waals surface area contributed by atoms with E-state index in [9.17, 15) is 0 Å². The third kappa shape index (κ3) is 3.35. The van der Waals surface area contributed by atoms with Gasteiger partial charge in [0.2, 0.25) is 0 Å². The van der Waals surface area contributed by atoms with Crippen molar-refractivity contribution in [3.8, 4) is 0 Å². The molecule has 0 nitrogen and oxygen atoms in total. The molecule has 0 radical (unpaired) electrons. The molecule has 0 N–H and O–H groups in total. The van der Waals surface area contributed by atoms with Gasteiger partial charge >= 0.3 is 0 Å². The molecule has 2 atom stereocenters. The quantitative estimate of drug-likeness (QED) is 0.444. The first-order chi connectivity index (χ1) is 5.84. The molecule has 72 valence electrons. The lowest BCUT2D eigenvalue weighted by Gasteiger charge is -2.12. The number of hydrogen-bond donors (Lipinski definition) is 0. The smallest absolute Gasteiger partial charge is 0.0364 e. The second-order valence-corrected chi connectivity index (χ2v) is 4.62. The lowest BCUT2D eigenvalue weighted by Crippen LogP contribution is -2.06. The van der Waals surface area contributed by atoms with Gasteiger partial charge in [-0.2, -0.15) is 0 Å². The molecule has 1 aliphatic carbocycles. The maximum Gasteiger partial charge on any atom is 0.0364 e. The van der Waals surface area contributed by atoms with Crippen molar-refractivity contribution in [3.63, 3.8) is 0 Å². The van der Waals surface area contributed by atoms with E-state index in [0.29, 0.717) is 5.38 Å². The summed E-state index contributed by atoms with van der Waals surface area (Å²) in [5.41, 5.74) is 0. The Morgan fingerprint density at radius 2 is 2.00 bits per heavy atom. The second-order valence-electron chi connectivity index (χ2n) is 4.06. The fourth-order valence-electron chi connectivity index (χ4n) is 2.15. The summed E-state index contributed by atoms with van der Waals surface area (Å²) >= 11 is 6.19. The molecular formula is C11H21Cl. The molecule has 0 amide bonds. The molecule has 1 saturated carbocycles. The zero-order chi connectivity index (χ0) is 8.81. The molecule has 0 saturated heterocycles. The molecule has 0 bridgehead atoms. The number of alkyl halides is 1. The van der Waals surface area contributed by atoms with E-state index in [4.69, 9.17) is 11.6 Å². The van der Waals surface area contributed by atoms with Crippen LogP contribution in [0.3, 0.4) is 0 Å². The van der Waals surface area contributed by atoms with Crippen LogP contribution in [0.2, 0.25) is 0 Å². The van der Waals surface area contributed by atoms with E-state index < -0.39 is 0 Å². The number of hydrogen-bond acceptors (Lipinski definition) is 0. The molecule has 0 aliphatic heterocycles. The van der Waals surface area contributed by atoms with Crippen LogP contribution in [0.1, 0.15) is 58.3 Å². The van der Waals surface area contributed by atoms with Gasteiger partial charge in [-0.05, 0) is 25.2 Å². The van der Waals surface area contributed by atoms with Crippen molar-refractivity contribution in [2.24, 2.45) is 5.92 Å². The molecule has 0 aromatic carbocycles. The third-order valence-corrected chi connectivity index (χ3v) is 3.57. The van der Waals surface area contributed by atoms with E-state index in [1.54, 1.807) is 0 Å². The minimum Gasteiger partial charge on any atom is -0.123 e. The molecule has 0 spiro atoms. The third-order valence-electron chi connectivity index (χ3n) is 2.99. The topological polar surface area (TPSA) is 0 Å². The van der Waals surface area contributed by atoms with Gasteiger partial charge in [0.05, 0.1) is 0 Å². The number of halogens is 1. The van der Waals surface area contributed by atoms with Crippen LogP contribution in [0, 0.1) is 5.92 Å². The van der Waals surface area contributed by atoms with Crippen molar-refractivity contribution >= 4 is 11.6 Å². The highest BCUT2D eigenvalue weighted by Gasteiger charge is 2.24. The van der Waals surface area contributed by atoms with E-state index >= 15 is 0 Å². The van der Waals surface area contributed by atoms with Crippen LogP contribution in [0.15, 0.2) is 0 Å². The summed E-state index contributed by atoms with van der Waals surface area (Å²) in [5, 5.41) is 0.506. The number of unbranched alkanes of at least 4 members (excludes halogenated alkanes) is 3. The Bertz CT molecular complexity index is 112. The van der Waals surface area contributed by atoms with Crippen molar-refractivity contribution in [2.75, 3.05) is 0 Å². The lowest BCUT2D eigenvalue weighted by molar-refractivity contribution is 0.471. The van der Waals surface area contributed by atoms with Gasteiger partial charge in [-0.15, -0.1) is 11.6 Å². The normalized spacial score (nSPS) is 29.5. The van der Waals surface area contributed by atoms with Crippen molar-refractivity contribution in [1.82, 2.24) is 0 Å². The monoisotopic (exact) mass is 188 g/mol. The Labute approximate surface area is 81.7 Å². The van der Waals surface area contributed by atoms with Crippen molar-refractivity contribution in [3.05, 3.63) is 0 Å². The zero-order valence-corrected chi connectivity index (χ0v) is 8.95. The Kier molecular flexibility index (Phi) is 5.06. The Hall–Kier alpha value is 0.290. The lowest BCUT2D eigenvalue weighted by atomic mass is 9.99. The Morgan fingerprint density at radius 1 is 1.17 bits per heavy atom. The van der Waals surface area contributed by atoms with Crippen molar-refractivity contribution in [1.29, 1.82) is 0 Å². The van der Waals surface area contributed by atoms with Gasteiger partial charge in [0, 0.05) is 5.38 Å². The number of rotatable bonds is 5. The predicted molar refractivity (Wildman–Crippen MR) is 55.7 cm³/mol.